The van der Waals surface area contributed by atoms with Gasteiger partial charge in [-0.05, 0) is 13.3 Å². The lowest BCUT2D eigenvalue weighted by molar-refractivity contribution is 0.886. The van der Waals surface area contributed by atoms with Crippen molar-refractivity contribution in [3.8, 4) is 0 Å². The fourth-order valence-electron chi connectivity index (χ4n) is 0.554. The second kappa shape index (κ2) is 6.60. The predicted octanol–water partition coefficient (Wildman–Crippen LogP) is 3.70. The topological polar surface area (TPSA) is 0 Å². The summed E-state index contributed by atoms with van der Waals surface area (Å²) in [6.45, 7) is 6.50. The number of hydrogen-bond donors (Lipinski definition) is 0. The highest BCUT2D eigenvalue weighted by Gasteiger charge is 1.86. The molecule has 0 saturated heterocycles. The van der Waals surface area contributed by atoms with Crippen LogP contribution >= 0.6 is 0 Å². The summed E-state index contributed by atoms with van der Waals surface area (Å²) in [4.78, 5) is 0. The van der Waals surface area contributed by atoms with Gasteiger partial charge in [-0.25, -0.2) is 0 Å². The molecule has 58 valence electrons. The summed E-state index contributed by atoms with van der Waals surface area (Å²) in [5, 5.41) is 0. The first-order chi connectivity index (χ1) is 4.81. The molecule has 0 unspecified atom stereocenters. The van der Waals surface area contributed by atoms with E-state index in [1.54, 1.807) is 0 Å². The average molecular weight is 138 g/mol. The van der Waals surface area contributed by atoms with Crippen LogP contribution in [-0.2, 0) is 0 Å². The van der Waals surface area contributed by atoms with Crippen molar-refractivity contribution in [2.24, 2.45) is 0 Å². The third kappa shape index (κ3) is 5.61. The van der Waals surface area contributed by atoms with E-state index in [4.69, 9.17) is 0 Å². The van der Waals surface area contributed by atoms with Gasteiger partial charge < -0.3 is 0 Å². The van der Waals surface area contributed by atoms with Crippen molar-refractivity contribution in [1.82, 2.24) is 0 Å². The first kappa shape index (κ1) is 9.48. The zero-order chi connectivity index (χ0) is 7.82. The van der Waals surface area contributed by atoms with Crippen molar-refractivity contribution in [3.05, 3.63) is 23.8 Å². The SMILES string of the molecule is CC1=CC=CC1.CCCC. The molecule has 10 heavy (non-hydrogen) atoms. The Morgan fingerprint density at radius 2 is 1.90 bits per heavy atom. The van der Waals surface area contributed by atoms with Crippen LogP contribution in [0.3, 0.4) is 0 Å². The molecule has 0 aromatic heterocycles. The number of rotatable bonds is 1. The van der Waals surface area contributed by atoms with Crippen molar-refractivity contribution >= 4 is 0 Å². The molecule has 0 spiro atoms. The summed E-state index contributed by atoms with van der Waals surface area (Å²) in [6.07, 6.45) is 10.2. The van der Waals surface area contributed by atoms with Crippen LogP contribution in [0.25, 0.3) is 0 Å². The van der Waals surface area contributed by atoms with Gasteiger partial charge in [0, 0.05) is 0 Å². The van der Waals surface area contributed by atoms with Gasteiger partial charge in [0.2, 0.25) is 0 Å². The van der Waals surface area contributed by atoms with E-state index in [1.807, 2.05) is 0 Å². The normalized spacial score (nSPS) is 14.1. The third-order valence-electron chi connectivity index (χ3n) is 1.46. The van der Waals surface area contributed by atoms with Gasteiger partial charge in [0.1, 0.15) is 0 Å². The van der Waals surface area contributed by atoms with Crippen molar-refractivity contribution in [2.75, 3.05) is 0 Å². The van der Waals surface area contributed by atoms with Gasteiger partial charge in [-0.1, -0.05) is 50.5 Å². The molecular weight excluding hydrogens is 120 g/mol. The number of allylic oxidation sites excluding steroid dienone is 4. The summed E-state index contributed by atoms with van der Waals surface area (Å²) >= 11 is 0. The Kier molecular flexibility index (Phi) is 6.25. The van der Waals surface area contributed by atoms with Gasteiger partial charge in [-0.15, -0.1) is 0 Å². The molecule has 0 heteroatoms. The zero-order valence-electron chi connectivity index (χ0n) is 7.35. The fourth-order valence-corrected chi connectivity index (χ4v) is 0.554. The quantitative estimate of drug-likeness (QED) is 0.518. The maximum Gasteiger partial charge on any atom is -0.0135 e. The molecule has 0 amide bonds. The summed E-state index contributed by atoms with van der Waals surface area (Å²) in [7, 11) is 0. The monoisotopic (exact) mass is 138 g/mol. The second-order valence-electron chi connectivity index (χ2n) is 2.65. The molecule has 0 nitrogen and oxygen atoms in total. The Morgan fingerprint density at radius 3 is 2.00 bits per heavy atom. The summed E-state index contributed by atoms with van der Waals surface area (Å²) < 4.78 is 0. The first-order valence-electron chi connectivity index (χ1n) is 4.13. The van der Waals surface area contributed by atoms with Gasteiger partial charge >= 0.3 is 0 Å². The highest BCUT2D eigenvalue weighted by molar-refractivity contribution is 5.20. The molecule has 0 aromatic rings. The van der Waals surface area contributed by atoms with Gasteiger partial charge in [-0.2, -0.15) is 0 Å². The number of hydrogen-bond acceptors (Lipinski definition) is 0. The molecular formula is C10H18. The molecule has 0 heterocycles. The maximum atomic E-state index is 2.18. The third-order valence-corrected chi connectivity index (χ3v) is 1.46. The van der Waals surface area contributed by atoms with E-state index in [0.29, 0.717) is 0 Å². The average Bonchev–Trinajstić information content (AvgIpc) is 2.40. The molecule has 0 aromatic carbocycles. The van der Waals surface area contributed by atoms with E-state index in [-0.39, 0.29) is 0 Å². The second-order valence-corrected chi connectivity index (χ2v) is 2.65. The van der Waals surface area contributed by atoms with E-state index in [1.165, 1.54) is 24.8 Å². The Labute approximate surface area is 64.6 Å². The van der Waals surface area contributed by atoms with Gasteiger partial charge in [0.25, 0.3) is 0 Å². The van der Waals surface area contributed by atoms with E-state index >= 15 is 0 Å². The minimum absolute atomic E-state index is 1.17. The Balaban J connectivity index is 0.000000180. The van der Waals surface area contributed by atoms with E-state index in [9.17, 15) is 0 Å². The molecule has 1 aliphatic carbocycles. The van der Waals surface area contributed by atoms with Gasteiger partial charge in [-0.3, -0.25) is 0 Å². The zero-order valence-corrected chi connectivity index (χ0v) is 7.35. The Hall–Kier alpha value is -0.520. The minimum Gasteiger partial charge on any atom is -0.0805 e. The summed E-state index contributed by atoms with van der Waals surface area (Å²) in [5.41, 5.74) is 1.47. The first-order valence-corrected chi connectivity index (χ1v) is 4.13. The Bertz CT molecular complexity index is 116. The summed E-state index contributed by atoms with van der Waals surface area (Å²) in [5.74, 6) is 0. The van der Waals surface area contributed by atoms with Crippen LogP contribution in [0.5, 0.6) is 0 Å². The van der Waals surface area contributed by atoms with Crippen LogP contribution in [0.15, 0.2) is 23.8 Å². The van der Waals surface area contributed by atoms with Crippen LogP contribution in [-0.4, -0.2) is 0 Å². The van der Waals surface area contributed by atoms with Crippen molar-refractivity contribution in [1.29, 1.82) is 0 Å². The van der Waals surface area contributed by atoms with E-state index < -0.39 is 0 Å². The van der Waals surface area contributed by atoms with E-state index in [0.717, 1.165) is 0 Å². The van der Waals surface area contributed by atoms with Gasteiger partial charge in [0.05, 0.1) is 0 Å². The molecule has 0 N–H and O–H groups in total. The lowest BCUT2D eigenvalue weighted by Gasteiger charge is -1.78. The molecule has 0 saturated carbocycles. The van der Waals surface area contributed by atoms with Crippen molar-refractivity contribution in [3.63, 3.8) is 0 Å². The highest BCUT2D eigenvalue weighted by atomic mass is 13.9. The molecule has 0 atom stereocenters. The summed E-state index contributed by atoms with van der Waals surface area (Å²) in [6, 6.07) is 0. The molecule has 0 aliphatic heterocycles. The minimum atomic E-state index is 1.17. The predicted molar refractivity (Wildman–Crippen MR) is 48.1 cm³/mol. The van der Waals surface area contributed by atoms with Crippen LogP contribution in [0.2, 0.25) is 0 Å². The van der Waals surface area contributed by atoms with Crippen LogP contribution in [0, 0.1) is 0 Å². The lowest BCUT2D eigenvalue weighted by atomic mass is 10.3. The largest absolute Gasteiger partial charge is 0.0805 e. The van der Waals surface area contributed by atoms with Crippen LogP contribution < -0.4 is 0 Å². The number of unbranched alkanes of at least 4 members (excludes halogenated alkanes) is 1. The highest BCUT2D eigenvalue weighted by Crippen LogP contribution is 2.06. The van der Waals surface area contributed by atoms with E-state index in [2.05, 4.69) is 39.0 Å². The van der Waals surface area contributed by atoms with Crippen LogP contribution in [0.4, 0.5) is 0 Å². The van der Waals surface area contributed by atoms with Crippen molar-refractivity contribution in [2.45, 2.75) is 40.0 Å². The molecule has 1 rings (SSSR count). The lowest BCUT2D eigenvalue weighted by Crippen LogP contribution is -1.58. The molecule has 0 fully saturated rings. The molecule has 0 bridgehead atoms. The van der Waals surface area contributed by atoms with Crippen molar-refractivity contribution < 1.29 is 0 Å². The fraction of sp³-hybridized carbons (Fsp3) is 0.600. The van der Waals surface area contributed by atoms with Gasteiger partial charge in [0.15, 0.2) is 0 Å². The smallest absolute Gasteiger partial charge is 0.0135 e. The maximum absolute atomic E-state index is 2.18. The van der Waals surface area contributed by atoms with Crippen LogP contribution in [0.1, 0.15) is 40.0 Å². The molecule has 0 radical (unpaired) electrons. The standard InChI is InChI=1S/C6H8.C4H10/c1-6-4-2-3-5-6;1-3-4-2/h2-4H,5H2,1H3;3-4H2,1-2H3. The molecule has 1 aliphatic rings. The Morgan fingerprint density at radius 1 is 1.30 bits per heavy atom.